The Morgan fingerprint density at radius 1 is 1.48 bits per heavy atom. The quantitative estimate of drug-likeness (QED) is 0.780. The summed E-state index contributed by atoms with van der Waals surface area (Å²) >= 11 is 0. The van der Waals surface area contributed by atoms with Crippen LogP contribution in [-0.2, 0) is 4.79 Å². The van der Waals surface area contributed by atoms with Gasteiger partial charge >= 0.3 is 0 Å². The third-order valence-electron chi connectivity index (χ3n) is 3.88. The van der Waals surface area contributed by atoms with Crippen molar-refractivity contribution in [3.63, 3.8) is 0 Å². The average Bonchev–Trinajstić information content (AvgIpc) is 3.18. The highest BCUT2D eigenvalue weighted by molar-refractivity contribution is 5.84. The molecule has 1 atom stereocenters. The smallest absolute Gasteiger partial charge is 0.251 e. The van der Waals surface area contributed by atoms with Crippen LogP contribution in [0.5, 0.6) is 0 Å². The van der Waals surface area contributed by atoms with E-state index in [1.165, 1.54) is 13.8 Å². The van der Waals surface area contributed by atoms with Crippen LogP contribution in [0.2, 0.25) is 0 Å². The molecule has 2 aromatic rings. The van der Waals surface area contributed by atoms with Crippen molar-refractivity contribution in [2.45, 2.75) is 31.9 Å². The van der Waals surface area contributed by atoms with Crippen molar-refractivity contribution >= 4 is 11.9 Å². The number of aromatic nitrogens is 3. The second kappa shape index (κ2) is 6.00. The molecule has 2 aromatic heterocycles. The molecule has 1 saturated heterocycles. The molecule has 1 aliphatic rings. The molecule has 0 saturated carbocycles. The first kappa shape index (κ1) is 15.5. The van der Waals surface area contributed by atoms with Crippen LogP contribution in [0.1, 0.15) is 20.3 Å². The van der Waals surface area contributed by atoms with Gasteiger partial charge in [-0.2, -0.15) is 0 Å². The number of rotatable bonds is 4. The zero-order chi connectivity index (χ0) is 16.4. The van der Waals surface area contributed by atoms with Crippen LogP contribution in [0, 0.1) is 0 Å². The van der Waals surface area contributed by atoms with Gasteiger partial charge in [0.25, 0.3) is 5.91 Å². The summed E-state index contributed by atoms with van der Waals surface area (Å²) in [6.45, 7) is 4.37. The number of aromatic amines is 1. The number of H-pyrrole nitrogens is 1. The predicted octanol–water partition coefficient (Wildman–Crippen LogP) is 0.937. The Balaban J connectivity index is 1.68. The summed E-state index contributed by atoms with van der Waals surface area (Å²) < 4.78 is 0. The first-order valence-electron chi connectivity index (χ1n) is 7.68. The van der Waals surface area contributed by atoms with Crippen LogP contribution < -0.4 is 10.2 Å². The Hall–Kier alpha value is -2.41. The lowest BCUT2D eigenvalue weighted by Gasteiger charge is -2.21. The maximum absolute atomic E-state index is 11.9. The minimum Gasteiger partial charge on any atom is -0.381 e. The van der Waals surface area contributed by atoms with Gasteiger partial charge < -0.3 is 20.3 Å². The lowest BCUT2D eigenvalue weighted by molar-refractivity contribution is -0.137. The van der Waals surface area contributed by atoms with E-state index in [1.54, 1.807) is 6.20 Å². The molecule has 0 aromatic carbocycles. The Labute approximate surface area is 134 Å². The van der Waals surface area contributed by atoms with E-state index in [-0.39, 0.29) is 11.9 Å². The number of anilines is 1. The van der Waals surface area contributed by atoms with Crippen LogP contribution in [0.15, 0.2) is 30.6 Å². The average molecular weight is 315 g/mol. The highest BCUT2D eigenvalue weighted by atomic mass is 16.3. The van der Waals surface area contributed by atoms with Crippen molar-refractivity contribution in [3.8, 4) is 11.4 Å². The molecule has 0 spiro atoms. The van der Waals surface area contributed by atoms with Gasteiger partial charge in [-0.15, -0.1) is 0 Å². The Bertz CT molecular complexity index is 678. The summed E-state index contributed by atoms with van der Waals surface area (Å²) in [7, 11) is 0. The van der Waals surface area contributed by atoms with Gasteiger partial charge in [-0.05, 0) is 38.5 Å². The number of nitrogens with zero attached hydrogens (tertiary/aromatic N) is 3. The van der Waals surface area contributed by atoms with E-state index in [1.807, 2.05) is 29.3 Å². The molecule has 3 N–H and O–H groups in total. The number of aliphatic hydroxyl groups is 1. The molecule has 0 bridgehead atoms. The van der Waals surface area contributed by atoms with Crippen LogP contribution in [0.25, 0.3) is 11.4 Å². The highest BCUT2D eigenvalue weighted by Crippen LogP contribution is 2.20. The van der Waals surface area contributed by atoms with E-state index >= 15 is 0 Å². The van der Waals surface area contributed by atoms with Gasteiger partial charge in [0.1, 0.15) is 5.60 Å². The molecule has 23 heavy (non-hydrogen) atoms. The minimum absolute atomic E-state index is 0.00771. The Morgan fingerprint density at radius 3 is 3.00 bits per heavy atom. The van der Waals surface area contributed by atoms with E-state index in [0.29, 0.717) is 12.5 Å². The van der Waals surface area contributed by atoms with E-state index in [4.69, 9.17) is 0 Å². The van der Waals surface area contributed by atoms with Crippen LogP contribution in [0.3, 0.4) is 0 Å². The first-order valence-corrected chi connectivity index (χ1v) is 7.68. The number of carbonyl (C=O) groups is 1. The standard InChI is InChI=1S/C16H21N5O2/c1-16(2,23)14(22)19-11-6-9-21(10-11)15-18-8-5-13(20-15)12-4-3-7-17-12/h3-5,7-8,11,17,23H,6,9-10H2,1-2H3,(H,19,22). The SMILES string of the molecule is CC(C)(O)C(=O)NC1CCN(c2nccc(-c3ccc[nH]3)n2)C1. The number of carbonyl (C=O) groups excluding carboxylic acids is 1. The summed E-state index contributed by atoms with van der Waals surface area (Å²) in [5.74, 6) is 0.294. The highest BCUT2D eigenvalue weighted by Gasteiger charge is 2.30. The fourth-order valence-electron chi connectivity index (χ4n) is 2.56. The minimum atomic E-state index is -1.36. The predicted molar refractivity (Wildman–Crippen MR) is 86.9 cm³/mol. The van der Waals surface area contributed by atoms with E-state index in [0.717, 1.165) is 24.4 Å². The molecule has 7 nitrogen and oxygen atoms in total. The summed E-state index contributed by atoms with van der Waals surface area (Å²) in [5, 5.41) is 12.6. The zero-order valence-corrected chi connectivity index (χ0v) is 13.3. The first-order chi connectivity index (χ1) is 10.9. The summed E-state index contributed by atoms with van der Waals surface area (Å²) in [4.78, 5) is 25.9. The second-order valence-electron chi connectivity index (χ2n) is 6.29. The molecule has 7 heteroatoms. The molecule has 0 aliphatic carbocycles. The second-order valence-corrected chi connectivity index (χ2v) is 6.29. The summed E-state index contributed by atoms with van der Waals surface area (Å²) in [6.07, 6.45) is 4.40. The monoisotopic (exact) mass is 315 g/mol. The van der Waals surface area contributed by atoms with Crippen molar-refractivity contribution in [2.24, 2.45) is 0 Å². The van der Waals surface area contributed by atoms with Gasteiger partial charge in [0.2, 0.25) is 5.95 Å². The van der Waals surface area contributed by atoms with Gasteiger partial charge in [-0.3, -0.25) is 4.79 Å². The Kier molecular flexibility index (Phi) is 4.04. The molecule has 1 fully saturated rings. The zero-order valence-electron chi connectivity index (χ0n) is 13.3. The van der Waals surface area contributed by atoms with Crippen LogP contribution in [-0.4, -0.2) is 50.7 Å². The number of amides is 1. The number of hydrogen-bond acceptors (Lipinski definition) is 5. The van der Waals surface area contributed by atoms with Crippen LogP contribution in [0.4, 0.5) is 5.95 Å². The van der Waals surface area contributed by atoms with Crippen molar-refractivity contribution in [1.29, 1.82) is 0 Å². The fourth-order valence-corrected chi connectivity index (χ4v) is 2.56. The van der Waals surface area contributed by atoms with Crippen molar-refractivity contribution in [1.82, 2.24) is 20.3 Å². The molecular weight excluding hydrogens is 294 g/mol. The molecule has 0 radical (unpaired) electrons. The van der Waals surface area contributed by atoms with Gasteiger partial charge in [0.05, 0.1) is 11.4 Å². The molecule has 3 rings (SSSR count). The lowest BCUT2D eigenvalue weighted by atomic mass is 10.1. The lowest BCUT2D eigenvalue weighted by Crippen LogP contribution is -2.47. The van der Waals surface area contributed by atoms with Crippen molar-refractivity contribution < 1.29 is 9.90 Å². The third-order valence-corrected chi connectivity index (χ3v) is 3.88. The normalized spacial score (nSPS) is 18.2. The molecule has 1 aliphatic heterocycles. The largest absolute Gasteiger partial charge is 0.381 e. The molecule has 1 unspecified atom stereocenters. The van der Waals surface area contributed by atoms with Gasteiger partial charge in [-0.1, -0.05) is 0 Å². The van der Waals surface area contributed by atoms with Crippen LogP contribution >= 0.6 is 0 Å². The maximum atomic E-state index is 11.9. The van der Waals surface area contributed by atoms with Crippen molar-refractivity contribution in [3.05, 3.63) is 30.6 Å². The Morgan fingerprint density at radius 2 is 2.30 bits per heavy atom. The molecule has 1 amide bonds. The van der Waals surface area contributed by atoms with E-state index < -0.39 is 5.60 Å². The van der Waals surface area contributed by atoms with E-state index in [9.17, 15) is 9.90 Å². The molecular formula is C16H21N5O2. The molecule has 122 valence electrons. The number of hydrogen-bond donors (Lipinski definition) is 3. The topological polar surface area (TPSA) is 94.1 Å². The maximum Gasteiger partial charge on any atom is 0.251 e. The summed E-state index contributed by atoms with van der Waals surface area (Å²) in [6, 6.07) is 5.74. The van der Waals surface area contributed by atoms with Gasteiger partial charge in [0.15, 0.2) is 0 Å². The number of nitrogens with one attached hydrogen (secondary N) is 2. The third kappa shape index (κ3) is 3.50. The van der Waals surface area contributed by atoms with Gasteiger partial charge in [0, 0.05) is 31.5 Å². The van der Waals surface area contributed by atoms with E-state index in [2.05, 4.69) is 20.3 Å². The van der Waals surface area contributed by atoms with Crippen molar-refractivity contribution in [2.75, 3.05) is 18.0 Å². The fraction of sp³-hybridized carbons (Fsp3) is 0.438. The van der Waals surface area contributed by atoms with Gasteiger partial charge in [-0.25, -0.2) is 9.97 Å². The summed E-state index contributed by atoms with van der Waals surface area (Å²) in [5.41, 5.74) is 0.418. The molecule has 3 heterocycles.